The second-order valence-corrected chi connectivity index (χ2v) is 3.60. The van der Waals surface area contributed by atoms with Crippen molar-refractivity contribution in [3.05, 3.63) is 35.8 Å². The largest absolute Gasteiger partial charge is 0.465 e. The fraction of sp³-hybridized carbons (Fsp3) is 0.182. The van der Waals surface area contributed by atoms with E-state index in [-0.39, 0.29) is 16.8 Å². The van der Waals surface area contributed by atoms with E-state index in [0.717, 1.165) is 13.3 Å². The summed E-state index contributed by atoms with van der Waals surface area (Å²) >= 11 is 0. The first kappa shape index (κ1) is 13.1. The molecule has 19 heavy (non-hydrogen) atoms. The fourth-order valence-corrected chi connectivity index (χ4v) is 1.52. The number of esters is 1. The molecule has 2 rings (SSSR count). The zero-order chi connectivity index (χ0) is 14.0. The van der Waals surface area contributed by atoms with Crippen LogP contribution >= 0.6 is 0 Å². The summed E-state index contributed by atoms with van der Waals surface area (Å²) in [4.78, 5) is 14.9. The van der Waals surface area contributed by atoms with Gasteiger partial charge in [0.2, 0.25) is 0 Å². The number of alkyl halides is 3. The Labute approximate surface area is 105 Å². The third-order valence-electron chi connectivity index (χ3n) is 2.39. The van der Waals surface area contributed by atoms with Crippen molar-refractivity contribution in [3.63, 3.8) is 0 Å². The lowest BCUT2D eigenvalue weighted by molar-refractivity contribution is -0.137. The van der Waals surface area contributed by atoms with Gasteiger partial charge in [0.15, 0.2) is 0 Å². The summed E-state index contributed by atoms with van der Waals surface area (Å²) in [5.41, 5.74) is -1.39. The predicted octanol–water partition coefficient (Wildman–Crippen LogP) is 2.28. The van der Waals surface area contributed by atoms with Crippen molar-refractivity contribution in [1.29, 1.82) is 0 Å². The lowest BCUT2D eigenvalue weighted by atomic mass is 10.1. The summed E-state index contributed by atoms with van der Waals surface area (Å²) in [5.74, 6) is -0.878. The summed E-state index contributed by atoms with van der Waals surface area (Å²) in [5, 5.41) is 5.98. The van der Waals surface area contributed by atoms with Gasteiger partial charge in [0.1, 0.15) is 0 Å². The van der Waals surface area contributed by atoms with Gasteiger partial charge in [0, 0.05) is 18.0 Å². The van der Waals surface area contributed by atoms with Crippen molar-refractivity contribution in [2.75, 3.05) is 7.11 Å². The van der Waals surface area contributed by atoms with E-state index in [1.165, 1.54) is 12.4 Å². The van der Waals surface area contributed by atoms with Crippen LogP contribution in [0.3, 0.4) is 0 Å². The number of aromatic amines is 1. The van der Waals surface area contributed by atoms with Gasteiger partial charge in [-0.2, -0.15) is 18.3 Å². The SMILES string of the molecule is COC(=O)c1cnc(-c2cn[nH]c2)c(C(F)(F)F)c1. The van der Waals surface area contributed by atoms with E-state index in [9.17, 15) is 18.0 Å². The van der Waals surface area contributed by atoms with E-state index in [1.54, 1.807) is 0 Å². The smallest absolute Gasteiger partial charge is 0.418 e. The molecule has 8 heteroatoms. The monoisotopic (exact) mass is 271 g/mol. The molecule has 0 saturated heterocycles. The van der Waals surface area contributed by atoms with Crippen molar-refractivity contribution in [1.82, 2.24) is 15.2 Å². The van der Waals surface area contributed by atoms with Gasteiger partial charge in [-0.15, -0.1) is 0 Å². The molecule has 0 fully saturated rings. The van der Waals surface area contributed by atoms with Crippen LogP contribution in [0.4, 0.5) is 13.2 Å². The van der Waals surface area contributed by atoms with Crippen molar-refractivity contribution in [2.24, 2.45) is 0 Å². The molecule has 0 aliphatic rings. The van der Waals surface area contributed by atoms with Crippen LogP contribution in [0.15, 0.2) is 24.7 Å². The highest BCUT2D eigenvalue weighted by molar-refractivity contribution is 5.89. The number of halogens is 3. The van der Waals surface area contributed by atoms with Crippen molar-refractivity contribution in [3.8, 4) is 11.3 Å². The first-order chi connectivity index (χ1) is 8.93. The highest BCUT2D eigenvalue weighted by Crippen LogP contribution is 2.36. The Kier molecular flexibility index (Phi) is 3.24. The average Bonchev–Trinajstić information content (AvgIpc) is 2.90. The summed E-state index contributed by atoms with van der Waals surface area (Å²) in [6.45, 7) is 0. The molecule has 0 unspecified atom stereocenters. The molecular formula is C11H8F3N3O2. The standard InChI is InChI=1S/C11H8F3N3O2/c1-19-10(18)6-2-8(11(12,13)14)9(15-3-6)7-4-16-17-5-7/h2-5H,1H3,(H,16,17). The first-order valence-electron chi connectivity index (χ1n) is 5.08. The molecule has 2 aromatic rings. The minimum atomic E-state index is -4.64. The van der Waals surface area contributed by atoms with Crippen LogP contribution in [0.5, 0.6) is 0 Å². The van der Waals surface area contributed by atoms with E-state index < -0.39 is 17.7 Å². The van der Waals surface area contributed by atoms with Crippen LogP contribution in [-0.2, 0) is 10.9 Å². The molecule has 1 N–H and O–H groups in total. The first-order valence-corrected chi connectivity index (χ1v) is 5.08. The topological polar surface area (TPSA) is 67.9 Å². The molecule has 0 aliphatic carbocycles. The van der Waals surface area contributed by atoms with Crippen LogP contribution < -0.4 is 0 Å². The Morgan fingerprint density at radius 3 is 2.63 bits per heavy atom. The third kappa shape index (κ3) is 2.56. The van der Waals surface area contributed by atoms with Crippen molar-refractivity contribution >= 4 is 5.97 Å². The maximum absolute atomic E-state index is 13.0. The Morgan fingerprint density at radius 2 is 2.11 bits per heavy atom. The van der Waals surface area contributed by atoms with E-state index in [4.69, 9.17) is 0 Å². The molecule has 0 aromatic carbocycles. The highest BCUT2D eigenvalue weighted by atomic mass is 19.4. The second kappa shape index (κ2) is 4.71. The third-order valence-corrected chi connectivity index (χ3v) is 2.39. The summed E-state index contributed by atoms with van der Waals surface area (Å²) in [7, 11) is 1.08. The molecule has 0 saturated carbocycles. The van der Waals surface area contributed by atoms with Gasteiger partial charge in [0.25, 0.3) is 0 Å². The number of pyridine rings is 1. The Bertz CT molecular complexity index is 594. The number of carbonyl (C=O) groups excluding carboxylic acids is 1. The van der Waals surface area contributed by atoms with Gasteiger partial charge in [-0.3, -0.25) is 10.1 Å². The van der Waals surface area contributed by atoms with Gasteiger partial charge in [0.05, 0.1) is 30.1 Å². The zero-order valence-corrected chi connectivity index (χ0v) is 9.65. The van der Waals surface area contributed by atoms with Crippen molar-refractivity contribution < 1.29 is 22.7 Å². The number of ether oxygens (including phenoxy) is 1. The number of H-pyrrole nitrogens is 1. The van der Waals surface area contributed by atoms with E-state index in [1.807, 2.05) is 0 Å². The lowest BCUT2D eigenvalue weighted by Gasteiger charge is -2.12. The quantitative estimate of drug-likeness (QED) is 0.851. The van der Waals surface area contributed by atoms with Gasteiger partial charge in [-0.1, -0.05) is 0 Å². The molecule has 5 nitrogen and oxygen atoms in total. The van der Waals surface area contributed by atoms with E-state index >= 15 is 0 Å². The van der Waals surface area contributed by atoms with Crippen LogP contribution in [0.1, 0.15) is 15.9 Å². The summed E-state index contributed by atoms with van der Waals surface area (Å²) < 4.78 is 43.3. The Morgan fingerprint density at radius 1 is 1.37 bits per heavy atom. The number of nitrogens with one attached hydrogen (secondary N) is 1. The maximum Gasteiger partial charge on any atom is 0.418 e. The van der Waals surface area contributed by atoms with E-state index in [2.05, 4.69) is 19.9 Å². The number of hydrogen-bond donors (Lipinski definition) is 1. The zero-order valence-electron chi connectivity index (χ0n) is 9.65. The molecule has 2 heterocycles. The Hall–Kier alpha value is -2.38. The van der Waals surface area contributed by atoms with Gasteiger partial charge < -0.3 is 4.74 Å². The molecule has 100 valence electrons. The van der Waals surface area contributed by atoms with E-state index in [0.29, 0.717) is 6.07 Å². The van der Waals surface area contributed by atoms with Gasteiger partial charge in [-0.05, 0) is 6.07 Å². The fourth-order valence-electron chi connectivity index (χ4n) is 1.52. The lowest BCUT2D eigenvalue weighted by Crippen LogP contribution is -2.12. The average molecular weight is 271 g/mol. The van der Waals surface area contributed by atoms with Crippen LogP contribution in [-0.4, -0.2) is 28.3 Å². The summed E-state index contributed by atoms with van der Waals surface area (Å²) in [6.07, 6.45) is -1.10. The molecule has 0 bridgehead atoms. The Balaban J connectivity index is 2.59. The molecule has 0 atom stereocenters. The second-order valence-electron chi connectivity index (χ2n) is 3.60. The molecular weight excluding hydrogens is 263 g/mol. The molecule has 0 amide bonds. The molecule has 0 radical (unpaired) electrons. The number of methoxy groups -OCH3 is 1. The number of nitrogens with zero attached hydrogens (tertiary/aromatic N) is 2. The minimum Gasteiger partial charge on any atom is -0.465 e. The van der Waals surface area contributed by atoms with Gasteiger partial charge >= 0.3 is 12.1 Å². The number of rotatable bonds is 2. The summed E-state index contributed by atoms with van der Waals surface area (Å²) in [6, 6.07) is 0.709. The normalized spacial score (nSPS) is 11.4. The number of hydrogen-bond acceptors (Lipinski definition) is 4. The highest BCUT2D eigenvalue weighted by Gasteiger charge is 2.35. The predicted molar refractivity (Wildman–Crippen MR) is 58.2 cm³/mol. The number of carbonyl (C=O) groups is 1. The molecule has 0 spiro atoms. The van der Waals surface area contributed by atoms with Gasteiger partial charge in [-0.25, -0.2) is 4.79 Å². The maximum atomic E-state index is 13.0. The van der Waals surface area contributed by atoms with Crippen molar-refractivity contribution in [2.45, 2.75) is 6.18 Å². The minimum absolute atomic E-state index is 0.184. The molecule has 2 aromatic heterocycles. The van der Waals surface area contributed by atoms with Crippen LogP contribution in [0, 0.1) is 0 Å². The van der Waals surface area contributed by atoms with Crippen LogP contribution in [0.2, 0.25) is 0 Å². The van der Waals surface area contributed by atoms with Crippen LogP contribution in [0.25, 0.3) is 11.3 Å². The number of aromatic nitrogens is 3. The molecule has 0 aliphatic heterocycles.